The van der Waals surface area contributed by atoms with E-state index in [2.05, 4.69) is 80.7 Å². The molecule has 0 atom stereocenters. The molecule has 4 heterocycles. The predicted octanol–water partition coefficient (Wildman–Crippen LogP) is 15.8. The maximum atomic E-state index is 15.3. The van der Waals surface area contributed by atoms with E-state index in [1.54, 1.807) is 0 Å². The van der Waals surface area contributed by atoms with Crippen molar-refractivity contribution in [3.8, 4) is 67.3 Å². The molecule has 310 valence electrons. The molecule has 7 heteroatoms. The quantitative estimate of drug-likeness (QED) is 0.150. The van der Waals surface area contributed by atoms with Crippen molar-refractivity contribution in [2.75, 3.05) is 0 Å². The molecule has 0 radical (unpaired) electrons. The summed E-state index contributed by atoms with van der Waals surface area (Å²) in [4.78, 5) is 14.0. The van der Waals surface area contributed by atoms with Gasteiger partial charge in [-0.3, -0.25) is 9.97 Å². The topological polar surface area (TPSA) is 40.0 Å². The van der Waals surface area contributed by atoms with Crippen molar-refractivity contribution in [2.24, 2.45) is 0 Å². The van der Waals surface area contributed by atoms with Gasteiger partial charge in [0, 0.05) is 62.3 Å². The summed E-state index contributed by atoms with van der Waals surface area (Å²) in [5.41, 5.74) is 13.4. The largest absolute Gasteiger partial charge is 0.319 e. The molecular formula is C59H35F2N5. The van der Waals surface area contributed by atoms with Gasteiger partial charge in [0.2, 0.25) is 5.69 Å². The van der Waals surface area contributed by atoms with E-state index in [0.29, 0.717) is 28.2 Å². The number of fused-ring (bicyclic) bond motifs is 6. The number of hydrogen-bond donors (Lipinski definition) is 0. The van der Waals surface area contributed by atoms with E-state index in [9.17, 15) is 0 Å². The fraction of sp³-hybridized carbons (Fsp3) is 0. The van der Waals surface area contributed by atoms with Crippen LogP contribution in [0.4, 0.5) is 14.5 Å². The third kappa shape index (κ3) is 6.43. The monoisotopic (exact) mass is 851 g/mol. The van der Waals surface area contributed by atoms with Crippen LogP contribution in [-0.4, -0.2) is 19.1 Å². The van der Waals surface area contributed by atoms with E-state index in [-0.39, 0.29) is 0 Å². The Balaban J connectivity index is 1.11. The Morgan fingerprint density at radius 2 is 0.848 bits per heavy atom. The van der Waals surface area contributed by atoms with Gasteiger partial charge in [0.05, 0.1) is 51.4 Å². The third-order valence-corrected chi connectivity index (χ3v) is 12.6. The molecule has 0 saturated carbocycles. The fourth-order valence-corrected chi connectivity index (χ4v) is 9.52. The van der Waals surface area contributed by atoms with Gasteiger partial charge >= 0.3 is 0 Å². The Bertz CT molecular complexity index is 3860. The van der Waals surface area contributed by atoms with Crippen LogP contribution in [0, 0.1) is 18.2 Å². The smallest absolute Gasteiger partial charge is 0.234 e. The van der Waals surface area contributed by atoms with E-state index in [1.807, 2.05) is 128 Å². The van der Waals surface area contributed by atoms with Gasteiger partial charge in [0.25, 0.3) is 0 Å². The number of nitrogens with zero attached hydrogens (tertiary/aromatic N) is 5. The highest BCUT2D eigenvalue weighted by molar-refractivity contribution is 6.13. The fourth-order valence-electron chi connectivity index (χ4n) is 9.52. The minimum absolute atomic E-state index is 0.317. The molecule has 0 bridgehead atoms. The summed E-state index contributed by atoms with van der Waals surface area (Å²) in [6.45, 7) is 9.08. The summed E-state index contributed by atoms with van der Waals surface area (Å²) in [7, 11) is 0. The number of halogens is 2. The highest BCUT2D eigenvalue weighted by Crippen LogP contribution is 2.47. The Hall–Kier alpha value is -8.99. The van der Waals surface area contributed by atoms with E-state index in [1.165, 1.54) is 12.1 Å². The number of hydrogen-bond acceptors (Lipinski definition) is 2. The van der Waals surface area contributed by atoms with Crippen molar-refractivity contribution in [2.45, 2.75) is 0 Å². The zero-order valence-electron chi connectivity index (χ0n) is 35.2. The average molecular weight is 852 g/mol. The van der Waals surface area contributed by atoms with Gasteiger partial charge in [-0.25, -0.2) is 13.6 Å². The van der Waals surface area contributed by atoms with E-state index >= 15 is 8.78 Å². The zero-order valence-corrected chi connectivity index (χ0v) is 35.2. The standard InChI is InChI=1S/C59H35F2N5/c1-62-58-55(65-53-18-10-8-16-47(53)49-24-20-39(32-56(49)65)41-22-27-51(63-35-41)37-12-4-2-5-13-37)29-26-46(43-30-44(60)34-45(61)31-43)59(58)66-54-19-11-9-17-48(54)50-25-21-40(33-57(50)66)42-23-28-52(64-36-42)38-14-6-3-7-15-38/h2-36H. The van der Waals surface area contributed by atoms with Crippen LogP contribution in [0.2, 0.25) is 0 Å². The van der Waals surface area contributed by atoms with Crippen LogP contribution in [0.5, 0.6) is 0 Å². The molecular weight excluding hydrogens is 817 g/mol. The molecule has 12 aromatic rings. The van der Waals surface area contributed by atoms with Gasteiger partial charge in [-0.2, -0.15) is 0 Å². The number of aromatic nitrogens is 4. The molecule has 0 saturated heterocycles. The second kappa shape index (κ2) is 15.7. The molecule has 5 nitrogen and oxygen atoms in total. The molecule has 12 rings (SSSR count). The second-order valence-electron chi connectivity index (χ2n) is 16.4. The van der Waals surface area contributed by atoms with Crippen LogP contribution in [0.3, 0.4) is 0 Å². The highest BCUT2D eigenvalue weighted by atomic mass is 19.1. The van der Waals surface area contributed by atoms with Crippen LogP contribution >= 0.6 is 0 Å². The Labute approximate surface area is 378 Å². The first-order chi connectivity index (χ1) is 32.5. The molecule has 0 unspecified atom stereocenters. The van der Waals surface area contributed by atoms with Gasteiger partial charge in [-0.1, -0.05) is 140 Å². The van der Waals surface area contributed by atoms with Gasteiger partial charge in [0.15, 0.2) is 0 Å². The minimum Gasteiger partial charge on any atom is -0.319 e. The van der Waals surface area contributed by atoms with Crippen molar-refractivity contribution in [1.82, 2.24) is 19.1 Å². The molecule has 4 aromatic heterocycles. The highest BCUT2D eigenvalue weighted by Gasteiger charge is 2.25. The average Bonchev–Trinajstić information content (AvgIpc) is 3.88. The van der Waals surface area contributed by atoms with Crippen molar-refractivity contribution >= 4 is 49.3 Å². The third-order valence-electron chi connectivity index (χ3n) is 12.6. The predicted molar refractivity (Wildman–Crippen MR) is 264 cm³/mol. The summed E-state index contributed by atoms with van der Waals surface area (Å²) in [5, 5.41) is 3.99. The Morgan fingerprint density at radius 1 is 0.379 bits per heavy atom. The normalized spacial score (nSPS) is 11.5. The number of rotatable bonds is 7. The number of pyridine rings is 2. The lowest BCUT2D eigenvalue weighted by Gasteiger charge is -2.20. The number of para-hydroxylation sites is 2. The molecule has 0 aliphatic carbocycles. The molecule has 0 fully saturated rings. The van der Waals surface area contributed by atoms with Crippen LogP contribution in [0.25, 0.3) is 116 Å². The van der Waals surface area contributed by atoms with Crippen LogP contribution in [-0.2, 0) is 0 Å². The molecule has 0 aliphatic rings. The van der Waals surface area contributed by atoms with Crippen molar-refractivity contribution in [1.29, 1.82) is 0 Å². The maximum Gasteiger partial charge on any atom is 0.234 e. The molecule has 66 heavy (non-hydrogen) atoms. The van der Waals surface area contributed by atoms with Gasteiger partial charge in [-0.15, -0.1) is 0 Å². The van der Waals surface area contributed by atoms with Gasteiger partial charge in [-0.05, 0) is 76.9 Å². The molecule has 0 spiro atoms. The summed E-state index contributed by atoms with van der Waals surface area (Å²) in [6.07, 6.45) is 3.78. The van der Waals surface area contributed by atoms with Crippen molar-refractivity contribution in [3.63, 3.8) is 0 Å². The lowest BCUT2D eigenvalue weighted by atomic mass is 10.00. The van der Waals surface area contributed by atoms with E-state index < -0.39 is 11.6 Å². The molecule has 0 amide bonds. The van der Waals surface area contributed by atoms with Crippen molar-refractivity contribution < 1.29 is 8.78 Å². The summed E-state index contributed by atoms with van der Waals surface area (Å²) in [5.74, 6) is -1.41. The van der Waals surface area contributed by atoms with E-state index in [4.69, 9.17) is 16.5 Å². The van der Waals surface area contributed by atoms with Crippen LogP contribution < -0.4 is 0 Å². The maximum absolute atomic E-state index is 15.3. The summed E-state index contributed by atoms with van der Waals surface area (Å²) >= 11 is 0. The first kappa shape index (κ1) is 38.7. The SMILES string of the molecule is [C-]#[N+]c1c(-n2c3ccccc3c3ccc(-c4ccc(-c5ccccc5)nc4)cc32)ccc(-c2cc(F)cc(F)c2)c1-n1c2ccccc2c2ccc(-c3ccc(-c4ccccc4)nc3)cc21. The van der Waals surface area contributed by atoms with Gasteiger partial charge < -0.3 is 9.13 Å². The summed E-state index contributed by atoms with van der Waals surface area (Å²) in [6, 6.07) is 64.7. The molecule has 8 aromatic carbocycles. The zero-order chi connectivity index (χ0) is 44.3. The first-order valence-corrected chi connectivity index (χ1v) is 21.6. The molecule has 0 aliphatic heterocycles. The van der Waals surface area contributed by atoms with Crippen molar-refractivity contribution in [3.05, 3.63) is 236 Å². The van der Waals surface area contributed by atoms with Gasteiger partial charge in [0.1, 0.15) is 11.6 Å². The van der Waals surface area contributed by atoms with Crippen LogP contribution in [0.15, 0.2) is 213 Å². The lowest BCUT2D eigenvalue weighted by Crippen LogP contribution is -2.03. The summed E-state index contributed by atoms with van der Waals surface area (Å²) < 4.78 is 34.8. The number of benzene rings is 8. The minimum atomic E-state index is -0.707. The first-order valence-electron chi connectivity index (χ1n) is 21.6. The molecule has 0 N–H and O–H groups in total. The Kier molecular flexibility index (Phi) is 9.18. The Morgan fingerprint density at radius 3 is 1.36 bits per heavy atom. The second-order valence-corrected chi connectivity index (χ2v) is 16.4. The lowest BCUT2D eigenvalue weighted by molar-refractivity contribution is 0.584. The van der Waals surface area contributed by atoms with Crippen LogP contribution in [0.1, 0.15) is 0 Å². The van der Waals surface area contributed by atoms with E-state index in [0.717, 1.165) is 94.4 Å².